The van der Waals surface area contributed by atoms with Crippen LogP contribution < -0.4 is 42.8 Å². The molecule has 9 nitrogen and oxygen atoms in total. The van der Waals surface area contributed by atoms with E-state index in [1.807, 2.05) is 30.3 Å². The number of rotatable bonds is 41. The SMILES string of the molecule is CCCCCCCCCCCC1c2cc3c4c(Br)c2OCOc2c1cc1c(c2Br)OCOc2c(cc5c(c2Br)OP(=O)(c2ccccc2)Oc2c(cc(c(c2Br)OCO4)C3CCCCCCCCCCC)C5CCCCCCCCCCC)C1CCCCCCCCCCC. The van der Waals surface area contributed by atoms with Gasteiger partial charge >= 0.3 is 7.60 Å². The minimum Gasteiger partial charge on any atom is -0.456 e. The van der Waals surface area contributed by atoms with Crippen LogP contribution >= 0.6 is 71.3 Å². The van der Waals surface area contributed by atoms with Crippen molar-refractivity contribution in [2.45, 2.75) is 308 Å². The zero-order valence-electron chi connectivity index (χ0n) is 58.0. The van der Waals surface area contributed by atoms with E-state index < -0.39 is 7.60 Å². The van der Waals surface area contributed by atoms with Gasteiger partial charge in [-0.2, -0.15) is 0 Å². The van der Waals surface area contributed by atoms with Crippen LogP contribution in [0.5, 0.6) is 46.0 Å². The van der Waals surface area contributed by atoms with Crippen LogP contribution in [0.3, 0.4) is 0 Å². The molecule has 2 atom stereocenters. The van der Waals surface area contributed by atoms with E-state index in [-0.39, 0.29) is 44.1 Å². The van der Waals surface area contributed by atoms with Gasteiger partial charge in [0.15, 0.2) is 11.5 Å². The first-order chi connectivity index (χ1) is 46.6. The first kappa shape index (κ1) is 74.3. The summed E-state index contributed by atoms with van der Waals surface area (Å²) in [6.07, 6.45) is 47.3. The maximum absolute atomic E-state index is 16.6. The van der Waals surface area contributed by atoms with E-state index in [9.17, 15) is 0 Å². The molecule has 14 heteroatoms. The van der Waals surface area contributed by atoms with Crippen LogP contribution in [-0.4, -0.2) is 20.4 Å². The molecule has 0 N–H and O–H groups in total. The summed E-state index contributed by atoms with van der Waals surface area (Å²) in [5.74, 6) is 4.41. The fourth-order valence-electron chi connectivity index (χ4n) is 15.7. The van der Waals surface area contributed by atoms with Crippen LogP contribution in [0.2, 0.25) is 0 Å². The summed E-state index contributed by atoms with van der Waals surface area (Å²) in [5.41, 5.74) is 8.51. The number of hydrogen-bond acceptors (Lipinski definition) is 9. The molecule has 5 aliphatic rings. The van der Waals surface area contributed by atoms with Crippen molar-refractivity contribution < 1.29 is 42.0 Å². The average Bonchev–Trinajstić information content (AvgIpc) is 0.725. The van der Waals surface area contributed by atoms with Gasteiger partial charge in [-0.25, -0.2) is 4.57 Å². The molecule has 522 valence electrons. The van der Waals surface area contributed by atoms with Gasteiger partial charge in [-0.3, -0.25) is 0 Å². The molecule has 8 bridgehead atoms. The van der Waals surface area contributed by atoms with Crippen molar-refractivity contribution in [3.8, 4) is 46.0 Å². The minimum absolute atomic E-state index is 0.0205. The van der Waals surface area contributed by atoms with Crippen LogP contribution in [-0.2, 0) is 4.57 Å². The topological polar surface area (TPSA) is 90.9 Å². The maximum Gasteiger partial charge on any atom is 0.462 e. The summed E-state index contributed by atoms with van der Waals surface area (Å²) >= 11 is 17.0. The molecule has 5 aromatic carbocycles. The Hall–Kier alpha value is -3.35. The van der Waals surface area contributed by atoms with Gasteiger partial charge in [0.1, 0.15) is 52.4 Å². The molecule has 0 fully saturated rings. The number of halogens is 4. The van der Waals surface area contributed by atoms with Gasteiger partial charge in [-0.15, -0.1) is 0 Å². The Kier molecular flexibility index (Phi) is 30.1. The Balaban J connectivity index is 1.21. The Labute approximate surface area is 605 Å². The molecule has 0 saturated carbocycles. The fraction of sp³-hybridized carbons (Fsp3) is 0.630. The molecule has 0 spiro atoms. The zero-order chi connectivity index (χ0) is 66.4. The lowest BCUT2D eigenvalue weighted by atomic mass is 9.76. The Bertz CT molecular complexity index is 3110. The van der Waals surface area contributed by atoms with Crippen molar-refractivity contribution in [2.75, 3.05) is 20.4 Å². The van der Waals surface area contributed by atoms with Crippen molar-refractivity contribution in [2.24, 2.45) is 0 Å². The lowest BCUT2D eigenvalue weighted by Gasteiger charge is -2.37. The predicted octanol–water partition coefficient (Wildman–Crippen LogP) is 27.7. The molecule has 4 heterocycles. The summed E-state index contributed by atoms with van der Waals surface area (Å²) in [7, 11) is -4.28. The highest BCUT2D eigenvalue weighted by Gasteiger charge is 2.45. The van der Waals surface area contributed by atoms with Gasteiger partial charge in [0, 0.05) is 68.2 Å². The second-order valence-electron chi connectivity index (χ2n) is 28.0. The van der Waals surface area contributed by atoms with Crippen molar-refractivity contribution >= 4 is 76.6 Å². The average molecular weight is 1580 g/mol. The van der Waals surface area contributed by atoms with Crippen molar-refractivity contribution in [3.05, 3.63) is 117 Å². The Morgan fingerprint density at radius 1 is 0.295 bits per heavy atom. The van der Waals surface area contributed by atoms with E-state index in [2.05, 4.69) is 116 Å². The summed E-state index contributed by atoms with van der Waals surface area (Å²) in [4.78, 5) is 0. The summed E-state index contributed by atoms with van der Waals surface area (Å²) in [6.45, 7) is 8.98. The van der Waals surface area contributed by atoms with Crippen LogP contribution in [0.25, 0.3) is 0 Å². The molecule has 4 aliphatic heterocycles. The van der Waals surface area contributed by atoms with E-state index in [0.29, 0.717) is 37.2 Å². The minimum atomic E-state index is -4.28. The van der Waals surface area contributed by atoms with Crippen LogP contribution in [0.15, 0.2) is 72.5 Å². The summed E-state index contributed by atoms with van der Waals surface area (Å²) in [5, 5.41) is 0.445. The molecular formula is C81H111Br4O9P. The van der Waals surface area contributed by atoms with E-state index in [0.717, 1.165) is 154 Å². The van der Waals surface area contributed by atoms with E-state index in [4.69, 9.17) is 37.5 Å². The Morgan fingerprint density at radius 2 is 0.495 bits per heavy atom. The van der Waals surface area contributed by atoms with Gasteiger partial charge in [-0.05, 0) is 126 Å². The lowest BCUT2D eigenvalue weighted by Crippen LogP contribution is -2.24. The molecule has 0 saturated heterocycles. The third-order valence-electron chi connectivity index (χ3n) is 21.0. The fourth-order valence-corrected chi connectivity index (χ4v) is 20.3. The highest BCUT2D eigenvalue weighted by molar-refractivity contribution is 9.11. The number of hydrogen-bond donors (Lipinski definition) is 0. The molecule has 10 rings (SSSR count). The summed E-state index contributed by atoms with van der Waals surface area (Å²) in [6, 6.07) is 19.2. The molecule has 5 aromatic rings. The second kappa shape index (κ2) is 38.5. The Morgan fingerprint density at radius 3 is 0.726 bits per heavy atom. The largest absolute Gasteiger partial charge is 0.462 e. The monoisotopic (exact) mass is 1570 g/mol. The molecular weight excluding hydrogens is 1470 g/mol. The maximum atomic E-state index is 16.6. The van der Waals surface area contributed by atoms with Gasteiger partial charge in [0.05, 0.1) is 5.30 Å². The molecule has 0 aromatic heterocycles. The first-order valence-corrected chi connectivity index (χ1v) is 42.6. The van der Waals surface area contributed by atoms with Crippen molar-refractivity contribution in [1.82, 2.24) is 0 Å². The number of unbranched alkanes of at least 4 members (excludes halogenated alkanes) is 32. The third kappa shape index (κ3) is 18.8. The van der Waals surface area contributed by atoms with Crippen LogP contribution in [0.4, 0.5) is 0 Å². The highest BCUT2D eigenvalue weighted by atomic mass is 79.9. The number of benzene rings is 5. The summed E-state index contributed by atoms with van der Waals surface area (Å²) < 4.78 is 76.0. The van der Waals surface area contributed by atoms with Crippen LogP contribution in [0, 0.1) is 0 Å². The smallest absolute Gasteiger partial charge is 0.456 e. The van der Waals surface area contributed by atoms with E-state index in [1.54, 1.807) is 0 Å². The van der Waals surface area contributed by atoms with Crippen molar-refractivity contribution in [3.63, 3.8) is 0 Å². The van der Waals surface area contributed by atoms with Gasteiger partial charge in [0.2, 0.25) is 20.4 Å². The predicted molar refractivity (Wildman–Crippen MR) is 405 cm³/mol. The van der Waals surface area contributed by atoms with Gasteiger partial charge in [0.25, 0.3) is 0 Å². The third-order valence-corrected chi connectivity index (χ3v) is 25.7. The molecule has 0 radical (unpaired) electrons. The zero-order valence-corrected chi connectivity index (χ0v) is 65.3. The van der Waals surface area contributed by atoms with E-state index in [1.165, 1.54) is 180 Å². The normalized spacial score (nSPS) is 18.7. The molecule has 2 unspecified atom stereocenters. The van der Waals surface area contributed by atoms with Gasteiger partial charge in [-0.1, -0.05) is 277 Å². The van der Waals surface area contributed by atoms with E-state index >= 15 is 4.57 Å². The molecule has 1 aliphatic carbocycles. The van der Waals surface area contributed by atoms with Crippen LogP contribution in [0.1, 0.15) is 353 Å². The van der Waals surface area contributed by atoms with Gasteiger partial charge < -0.3 is 37.5 Å². The molecule has 95 heavy (non-hydrogen) atoms. The quantitative estimate of drug-likeness (QED) is 0.0280. The second-order valence-corrected chi connectivity index (χ2v) is 33.1. The van der Waals surface area contributed by atoms with Crippen molar-refractivity contribution in [1.29, 1.82) is 0 Å². The standard InChI is InChI=1S/C81H111Br4O9P/c1-5-9-13-17-21-25-29-33-40-46-58-62-50-64-59(47-41-34-30-26-22-18-14-10-6-2)66-52-68-61(49-43-36-32-28-24-20-16-12-8-4)69-53-67-60(48-42-35-31-27-23-19-15-11-7-3)65-51-63(58)75-71(83)77(65)90-56-92-79(67)73(85)81(69)94-95(86,57-44-38-37-39-45-57)93-80(68)72(84)78(66)91-55-89-76(64)70(82)74(62)87-54-88-75/h37-39,44-45,50-53,58-61H,5-36,40-43,46-49,54-56H2,1-4H3. The first-order valence-electron chi connectivity index (χ1n) is 37.9. The molecule has 0 amide bonds. The number of ether oxygens (including phenoxy) is 6. The lowest BCUT2D eigenvalue weighted by molar-refractivity contribution is 0.0998. The highest BCUT2D eigenvalue weighted by Crippen LogP contribution is 2.64.